The van der Waals surface area contributed by atoms with Crippen molar-refractivity contribution in [3.05, 3.63) is 0 Å². The van der Waals surface area contributed by atoms with Gasteiger partial charge >= 0.3 is 0 Å². The fourth-order valence-electron chi connectivity index (χ4n) is 3.22. The van der Waals surface area contributed by atoms with Crippen molar-refractivity contribution < 1.29 is 9.47 Å². The molecule has 0 aromatic rings. The maximum atomic E-state index is 5.89. The van der Waals surface area contributed by atoms with Crippen LogP contribution in [0.1, 0.15) is 45.4 Å². The predicted molar refractivity (Wildman–Crippen MR) is 114 cm³/mol. The van der Waals surface area contributed by atoms with Crippen LogP contribution < -0.4 is 10.6 Å². The van der Waals surface area contributed by atoms with Gasteiger partial charge in [-0.05, 0) is 44.3 Å². The van der Waals surface area contributed by atoms with Crippen LogP contribution in [0.15, 0.2) is 4.99 Å². The quantitative estimate of drug-likeness (QED) is 0.247. The van der Waals surface area contributed by atoms with Crippen molar-refractivity contribution in [2.75, 3.05) is 39.2 Å². The third-order valence-electron chi connectivity index (χ3n) is 4.49. The molecule has 1 saturated carbocycles. The zero-order valence-electron chi connectivity index (χ0n) is 15.1. The zero-order chi connectivity index (χ0) is 16.3. The summed E-state index contributed by atoms with van der Waals surface area (Å²) >= 11 is 2.09. The Morgan fingerprint density at radius 1 is 1.25 bits per heavy atom. The second-order valence-electron chi connectivity index (χ2n) is 6.27. The molecule has 0 aromatic carbocycles. The van der Waals surface area contributed by atoms with E-state index in [-0.39, 0.29) is 24.0 Å². The molecule has 0 bridgehead atoms. The van der Waals surface area contributed by atoms with Gasteiger partial charge in [0.25, 0.3) is 0 Å². The molecule has 2 unspecified atom stereocenters. The number of nitrogens with one attached hydrogen (secondary N) is 2. The molecule has 2 rings (SSSR count). The Bertz CT molecular complexity index is 355. The lowest BCUT2D eigenvalue weighted by Crippen LogP contribution is -2.43. The third kappa shape index (κ3) is 8.58. The normalized spacial score (nSPS) is 25.3. The Morgan fingerprint density at radius 2 is 2.04 bits per heavy atom. The van der Waals surface area contributed by atoms with E-state index in [9.17, 15) is 0 Å². The lowest BCUT2D eigenvalue weighted by atomic mass is 10.1. The Labute approximate surface area is 168 Å². The van der Waals surface area contributed by atoms with Crippen molar-refractivity contribution in [2.45, 2.75) is 62.8 Å². The molecule has 2 fully saturated rings. The summed E-state index contributed by atoms with van der Waals surface area (Å²) in [6.45, 7) is 5.65. The zero-order valence-corrected chi connectivity index (χ0v) is 18.2. The summed E-state index contributed by atoms with van der Waals surface area (Å²) in [5.74, 6) is 2.15. The molecule has 1 aliphatic carbocycles. The molecule has 0 aromatic heterocycles. The highest BCUT2D eigenvalue weighted by Crippen LogP contribution is 2.29. The van der Waals surface area contributed by atoms with Crippen LogP contribution in [-0.2, 0) is 9.47 Å². The molecular weight excluding hydrogens is 437 g/mol. The Hall–Kier alpha value is 0.270. The van der Waals surface area contributed by atoms with Crippen LogP contribution in [-0.4, -0.2) is 62.5 Å². The van der Waals surface area contributed by atoms with Crippen molar-refractivity contribution in [1.82, 2.24) is 10.6 Å². The first-order chi connectivity index (χ1) is 11.3. The highest BCUT2D eigenvalue weighted by atomic mass is 127. The summed E-state index contributed by atoms with van der Waals surface area (Å²) in [4.78, 5) is 4.34. The van der Waals surface area contributed by atoms with Crippen molar-refractivity contribution in [2.24, 2.45) is 4.99 Å². The minimum Gasteiger partial charge on any atom is -0.381 e. The summed E-state index contributed by atoms with van der Waals surface area (Å²) in [6.07, 6.45) is 7.32. The van der Waals surface area contributed by atoms with Crippen LogP contribution in [0, 0.1) is 0 Å². The Balaban J connectivity index is 0.00000288. The molecule has 2 N–H and O–H groups in total. The van der Waals surface area contributed by atoms with Crippen LogP contribution in [0.2, 0.25) is 0 Å². The maximum absolute atomic E-state index is 5.89. The smallest absolute Gasteiger partial charge is 0.191 e. The van der Waals surface area contributed by atoms with Gasteiger partial charge in [0.15, 0.2) is 5.96 Å². The van der Waals surface area contributed by atoms with Gasteiger partial charge in [0.05, 0.1) is 6.10 Å². The first-order valence-corrected chi connectivity index (χ1v) is 10.1. The lowest BCUT2D eigenvalue weighted by molar-refractivity contribution is -0.0320. The van der Waals surface area contributed by atoms with Crippen molar-refractivity contribution in [1.29, 1.82) is 0 Å². The van der Waals surface area contributed by atoms with E-state index in [0.717, 1.165) is 56.8 Å². The Kier molecular flexibility index (Phi) is 12.5. The first-order valence-electron chi connectivity index (χ1n) is 9.10. The average molecular weight is 471 g/mol. The second kappa shape index (κ2) is 13.5. The Morgan fingerprint density at radius 3 is 2.75 bits per heavy atom. The second-order valence-corrected chi connectivity index (χ2v) is 7.84. The molecule has 5 nitrogen and oxygen atoms in total. The van der Waals surface area contributed by atoms with E-state index in [1.54, 1.807) is 0 Å². The number of nitrogens with zero attached hydrogens (tertiary/aromatic N) is 1. The topological polar surface area (TPSA) is 54.9 Å². The molecule has 24 heavy (non-hydrogen) atoms. The standard InChI is InChI=1S/C17H33N3O2S.HI/c1-3-23-16-6-5-14(13-16)20-17(18-2)19-9-4-10-22-15-7-11-21-12-8-15;/h14-16H,3-13H2,1-2H3,(H2,18,19,20);1H. The number of thioether (sulfide) groups is 1. The van der Waals surface area contributed by atoms with Gasteiger partial charge < -0.3 is 20.1 Å². The number of aliphatic imine (C=N–C) groups is 1. The van der Waals surface area contributed by atoms with Crippen molar-refractivity contribution in [3.63, 3.8) is 0 Å². The predicted octanol–water partition coefficient (Wildman–Crippen LogP) is 3.03. The molecule has 7 heteroatoms. The number of rotatable bonds is 8. The molecular formula is C17H34IN3O2S. The SMILES string of the molecule is CCSC1CCC(NC(=NC)NCCCOC2CCOCC2)C1.I. The summed E-state index contributed by atoms with van der Waals surface area (Å²) in [5.41, 5.74) is 0. The number of halogens is 1. The molecule has 1 heterocycles. The van der Waals surface area contributed by atoms with E-state index in [1.807, 2.05) is 7.05 Å². The van der Waals surface area contributed by atoms with Gasteiger partial charge in [0.2, 0.25) is 0 Å². The highest BCUT2D eigenvalue weighted by Gasteiger charge is 2.25. The molecule has 0 spiro atoms. The van der Waals surface area contributed by atoms with Crippen molar-refractivity contribution in [3.8, 4) is 0 Å². The van der Waals surface area contributed by atoms with E-state index >= 15 is 0 Å². The van der Waals surface area contributed by atoms with Gasteiger partial charge in [-0.3, -0.25) is 4.99 Å². The van der Waals surface area contributed by atoms with E-state index in [2.05, 4.69) is 34.3 Å². The van der Waals surface area contributed by atoms with Crippen LogP contribution in [0.4, 0.5) is 0 Å². The number of guanidine groups is 1. The van der Waals surface area contributed by atoms with E-state index < -0.39 is 0 Å². The van der Waals surface area contributed by atoms with Gasteiger partial charge in [-0.15, -0.1) is 24.0 Å². The number of ether oxygens (including phenoxy) is 2. The highest BCUT2D eigenvalue weighted by molar-refractivity contribution is 14.0. The number of hydrogen-bond acceptors (Lipinski definition) is 4. The molecule has 1 saturated heterocycles. The summed E-state index contributed by atoms with van der Waals surface area (Å²) in [6, 6.07) is 0.573. The average Bonchev–Trinajstić information content (AvgIpc) is 3.02. The third-order valence-corrected chi connectivity index (χ3v) is 5.72. The lowest BCUT2D eigenvalue weighted by Gasteiger charge is -2.22. The van der Waals surface area contributed by atoms with E-state index in [4.69, 9.17) is 9.47 Å². The maximum Gasteiger partial charge on any atom is 0.191 e. The van der Waals surface area contributed by atoms with Gasteiger partial charge in [-0.2, -0.15) is 11.8 Å². The van der Waals surface area contributed by atoms with Crippen LogP contribution >= 0.6 is 35.7 Å². The molecule has 2 aliphatic rings. The largest absolute Gasteiger partial charge is 0.381 e. The minimum atomic E-state index is 0. The molecule has 0 amide bonds. The summed E-state index contributed by atoms with van der Waals surface area (Å²) in [7, 11) is 1.85. The molecule has 142 valence electrons. The molecule has 1 aliphatic heterocycles. The van der Waals surface area contributed by atoms with E-state index in [1.165, 1.54) is 25.0 Å². The summed E-state index contributed by atoms with van der Waals surface area (Å²) in [5, 5.41) is 7.79. The van der Waals surface area contributed by atoms with Gasteiger partial charge in [0, 0.05) is 44.7 Å². The fraction of sp³-hybridized carbons (Fsp3) is 0.941. The van der Waals surface area contributed by atoms with Crippen molar-refractivity contribution >= 4 is 41.7 Å². The fourth-order valence-corrected chi connectivity index (χ4v) is 4.36. The first kappa shape index (κ1) is 22.3. The summed E-state index contributed by atoms with van der Waals surface area (Å²) < 4.78 is 11.2. The van der Waals surface area contributed by atoms with Crippen LogP contribution in [0.25, 0.3) is 0 Å². The van der Waals surface area contributed by atoms with Gasteiger partial charge in [-0.1, -0.05) is 6.92 Å². The molecule has 0 radical (unpaired) electrons. The van der Waals surface area contributed by atoms with Crippen LogP contribution in [0.5, 0.6) is 0 Å². The van der Waals surface area contributed by atoms with Gasteiger partial charge in [0.1, 0.15) is 0 Å². The van der Waals surface area contributed by atoms with Crippen LogP contribution in [0.3, 0.4) is 0 Å². The number of hydrogen-bond donors (Lipinski definition) is 2. The molecule has 2 atom stereocenters. The van der Waals surface area contributed by atoms with Gasteiger partial charge in [-0.25, -0.2) is 0 Å². The minimum absolute atomic E-state index is 0. The van der Waals surface area contributed by atoms with E-state index in [0.29, 0.717) is 12.1 Å². The monoisotopic (exact) mass is 471 g/mol.